The van der Waals surface area contributed by atoms with E-state index in [-0.39, 0.29) is 0 Å². The lowest BCUT2D eigenvalue weighted by Crippen LogP contribution is -2.23. The number of carboxylic acid groups (broad SMARTS) is 1. The molecule has 0 radical (unpaired) electrons. The van der Waals surface area contributed by atoms with Crippen molar-refractivity contribution >= 4 is 39.3 Å². The van der Waals surface area contributed by atoms with Gasteiger partial charge in [0.2, 0.25) is 0 Å². The van der Waals surface area contributed by atoms with Gasteiger partial charge in [0.1, 0.15) is 10.8 Å². The Morgan fingerprint density at radius 1 is 1.12 bits per heavy atom. The molecule has 0 amide bonds. The summed E-state index contributed by atoms with van der Waals surface area (Å²) in [7, 11) is 0. The molecular formula is C24H18F3NO3S2. The molecule has 0 saturated carbocycles. The number of carboxylic acids is 1. The van der Waals surface area contributed by atoms with Gasteiger partial charge >= 0.3 is 12.1 Å². The molecule has 0 aliphatic carbocycles. The zero-order valence-corrected chi connectivity index (χ0v) is 18.9. The number of rotatable bonds is 7. The van der Waals surface area contributed by atoms with E-state index in [2.05, 4.69) is 4.98 Å². The third-order valence-electron chi connectivity index (χ3n) is 4.81. The molecule has 4 aromatic rings. The van der Waals surface area contributed by atoms with E-state index in [0.717, 1.165) is 32.8 Å². The number of para-hydroxylation sites is 1. The van der Waals surface area contributed by atoms with Gasteiger partial charge in [-0.15, -0.1) is 23.1 Å². The van der Waals surface area contributed by atoms with Crippen molar-refractivity contribution in [3.63, 3.8) is 0 Å². The van der Waals surface area contributed by atoms with Crippen LogP contribution < -0.4 is 4.74 Å². The van der Waals surface area contributed by atoms with E-state index in [1.165, 1.54) is 42.2 Å². The van der Waals surface area contributed by atoms with Gasteiger partial charge in [0, 0.05) is 16.2 Å². The summed E-state index contributed by atoms with van der Waals surface area (Å²) < 4.78 is 44.9. The Bertz CT molecular complexity index is 1290. The highest BCUT2D eigenvalue weighted by atomic mass is 32.2. The molecule has 1 atom stereocenters. The quantitative estimate of drug-likeness (QED) is 0.280. The number of hydrogen-bond acceptors (Lipinski definition) is 5. The summed E-state index contributed by atoms with van der Waals surface area (Å²) in [6.07, 6.45) is -5.32. The van der Waals surface area contributed by atoms with Crippen LogP contribution in [0.3, 0.4) is 0 Å². The second kappa shape index (κ2) is 9.44. The third-order valence-corrected chi connectivity index (χ3v) is 7.00. The van der Waals surface area contributed by atoms with Crippen LogP contribution in [0.4, 0.5) is 13.2 Å². The average Bonchev–Trinajstić information content (AvgIpc) is 3.21. The minimum Gasteiger partial charge on any atom is -0.479 e. The van der Waals surface area contributed by atoms with Crippen molar-refractivity contribution in [1.82, 2.24) is 4.98 Å². The van der Waals surface area contributed by atoms with E-state index in [4.69, 9.17) is 9.84 Å². The number of alkyl halides is 3. The fourth-order valence-corrected chi connectivity index (χ4v) is 5.02. The predicted octanol–water partition coefficient (Wildman–Crippen LogP) is 7.13. The lowest BCUT2D eigenvalue weighted by molar-refractivity contribution is -0.144. The molecule has 0 saturated heterocycles. The maximum atomic E-state index is 12.8. The molecule has 1 N–H and O–H groups in total. The predicted molar refractivity (Wildman–Crippen MR) is 124 cm³/mol. The molecule has 1 unspecified atom stereocenters. The molecule has 3 aromatic carbocycles. The van der Waals surface area contributed by atoms with Gasteiger partial charge in [0.05, 0.1) is 15.8 Å². The van der Waals surface area contributed by atoms with Crippen LogP contribution in [0.15, 0.2) is 71.6 Å². The molecule has 0 spiro atoms. The van der Waals surface area contributed by atoms with Gasteiger partial charge in [0.25, 0.3) is 0 Å². The highest BCUT2D eigenvalue weighted by molar-refractivity contribution is 7.98. The van der Waals surface area contributed by atoms with Crippen molar-refractivity contribution in [2.24, 2.45) is 0 Å². The van der Waals surface area contributed by atoms with Crippen LogP contribution in [0.5, 0.6) is 5.75 Å². The minimum absolute atomic E-state index is 0.515. The highest BCUT2D eigenvalue weighted by Crippen LogP contribution is 2.36. The van der Waals surface area contributed by atoms with Crippen LogP contribution in [0.1, 0.15) is 18.1 Å². The van der Waals surface area contributed by atoms with Crippen molar-refractivity contribution < 1.29 is 27.8 Å². The number of benzene rings is 3. The topological polar surface area (TPSA) is 59.4 Å². The summed E-state index contributed by atoms with van der Waals surface area (Å²) in [6.45, 7) is 1.48. The number of hydrogen-bond donors (Lipinski definition) is 1. The second-order valence-corrected chi connectivity index (χ2v) is 9.28. The van der Waals surface area contributed by atoms with E-state index in [0.29, 0.717) is 22.1 Å². The number of carbonyl (C=O) groups is 1. The lowest BCUT2D eigenvalue weighted by Gasteiger charge is -2.14. The zero-order chi connectivity index (χ0) is 23.6. The van der Waals surface area contributed by atoms with Crippen molar-refractivity contribution in [3.8, 4) is 16.3 Å². The van der Waals surface area contributed by atoms with Crippen molar-refractivity contribution in [2.45, 2.75) is 29.9 Å². The second-order valence-electron chi connectivity index (χ2n) is 7.23. The van der Waals surface area contributed by atoms with Gasteiger partial charge < -0.3 is 9.84 Å². The van der Waals surface area contributed by atoms with Crippen molar-refractivity contribution in [3.05, 3.63) is 77.9 Å². The third kappa shape index (κ3) is 5.48. The smallest absolute Gasteiger partial charge is 0.416 e. The fraction of sp³-hybridized carbons (Fsp3) is 0.167. The molecular weight excluding hydrogens is 471 g/mol. The first-order chi connectivity index (χ1) is 15.7. The molecule has 1 aromatic heterocycles. The summed E-state index contributed by atoms with van der Waals surface area (Å²) in [5.41, 5.74) is 1.77. The Morgan fingerprint density at radius 3 is 2.55 bits per heavy atom. The van der Waals surface area contributed by atoms with Gasteiger partial charge in [-0.05, 0) is 48.9 Å². The van der Waals surface area contributed by atoms with Crippen LogP contribution in [0.25, 0.3) is 20.8 Å². The normalized spacial score (nSPS) is 12.6. The molecule has 170 valence electrons. The number of thiazole rings is 1. The van der Waals surface area contributed by atoms with E-state index >= 15 is 0 Å². The van der Waals surface area contributed by atoms with Gasteiger partial charge in [-0.3, -0.25) is 0 Å². The highest BCUT2D eigenvalue weighted by Gasteiger charge is 2.30. The van der Waals surface area contributed by atoms with Gasteiger partial charge in [0.15, 0.2) is 6.10 Å². The molecule has 4 rings (SSSR count). The number of nitrogens with zero attached hydrogens (tertiary/aromatic N) is 1. The van der Waals surface area contributed by atoms with Gasteiger partial charge in [-0.2, -0.15) is 13.2 Å². The Hall–Kier alpha value is -3.04. The monoisotopic (exact) mass is 489 g/mol. The number of aliphatic carboxylic acids is 1. The molecule has 0 fully saturated rings. The minimum atomic E-state index is -4.37. The van der Waals surface area contributed by atoms with E-state index in [1.54, 1.807) is 12.1 Å². The number of aromatic nitrogens is 1. The van der Waals surface area contributed by atoms with Crippen LogP contribution in [0, 0.1) is 0 Å². The first-order valence-electron chi connectivity index (χ1n) is 9.89. The van der Waals surface area contributed by atoms with E-state index in [1.807, 2.05) is 30.3 Å². The molecule has 0 bridgehead atoms. The van der Waals surface area contributed by atoms with E-state index in [9.17, 15) is 18.0 Å². The first-order valence-corrected chi connectivity index (χ1v) is 11.7. The maximum Gasteiger partial charge on any atom is 0.416 e. The Labute approximate surface area is 196 Å². The van der Waals surface area contributed by atoms with Crippen LogP contribution in [0.2, 0.25) is 0 Å². The molecule has 0 aliphatic heterocycles. The average molecular weight is 490 g/mol. The summed E-state index contributed by atoms with van der Waals surface area (Å²) in [5, 5.41) is 9.75. The Balaban J connectivity index is 1.50. The van der Waals surface area contributed by atoms with Crippen LogP contribution in [-0.4, -0.2) is 22.2 Å². The number of fused-ring (bicyclic) bond motifs is 1. The molecule has 9 heteroatoms. The lowest BCUT2D eigenvalue weighted by atomic mass is 10.1. The fourth-order valence-electron chi connectivity index (χ4n) is 3.05. The maximum absolute atomic E-state index is 12.8. The summed E-state index contributed by atoms with van der Waals surface area (Å²) in [4.78, 5) is 16.5. The zero-order valence-electron chi connectivity index (χ0n) is 17.3. The van der Waals surface area contributed by atoms with E-state index < -0.39 is 23.8 Å². The van der Waals surface area contributed by atoms with Crippen LogP contribution >= 0.6 is 23.1 Å². The summed E-state index contributed by atoms with van der Waals surface area (Å²) >= 11 is 2.95. The molecule has 1 heterocycles. The van der Waals surface area contributed by atoms with Gasteiger partial charge in [-0.1, -0.05) is 30.3 Å². The molecule has 33 heavy (non-hydrogen) atoms. The Morgan fingerprint density at radius 2 is 1.85 bits per heavy atom. The number of ether oxygens (including phenoxy) is 1. The summed E-state index contributed by atoms with van der Waals surface area (Å²) in [5.74, 6) is 0.112. The standard InChI is InChI=1S/C24H18F3NO3S2/c1-14(23(29)30)31-19-4-2-3-5-20(19)32-13-15-6-11-18-21(12-15)33-22(28-18)16-7-9-17(10-8-16)24(25,26)27/h2-12,14H,13H2,1H3,(H,29,30). The van der Waals surface area contributed by atoms with Crippen LogP contribution in [-0.2, 0) is 16.7 Å². The summed E-state index contributed by atoms with van der Waals surface area (Å²) in [6, 6.07) is 18.1. The van der Waals surface area contributed by atoms with Crippen molar-refractivity contribution in [2.75, 3.05) is 0 Å². The molecule has 0 aliphatic rings. The van der Waals surface area contributed by atoms with Crippen molar-refractivity contribution in [1.29, 1.82) is 0 Å². The first kappa shape index (κ1) is 23.1. The number of thioether (sulfide) groups is 1. The number of halogens is 3. The molecule has 4 nitrogen and oxygen atoms in total. The largest absolute Gasteiger partial charge is 0.479 e. The SMILES string of the molecule is CC(Oc1ccccc1SCc1ccc2nc(-c3ccc(C(F)(F)F)cc3)sc2c1)C(=O)O. The Kier molecular flexibility index (Phi) is 6.62. The van der Waals surface area contributed by atoms with Gasteiger partial charge in [-0.25, -0.2) is 9.78 Å².